The van der Waals surface area contributed by atoms with E-state index in [0.29, 0.717) is 5.41 Å². The minimum absolute atomic E-state index is 0.150. The Balaban J connectivity index is 1.57. The summed E-state index contributed by atoms with van der Waals surface area (Å²) in [5, 5.41) is 11.3. The van der Waals surface area contributed by atoms with Gasteiger partial charge in [-0.05, 0) is 37.6 Å². The van der Waals surface area contributed by atoms with Gasteiger partial charge < -0.3 is 10.2 Å². The maximum Gasteiger partial charge on any atom is 0.253 e. The average molecular weight is 270 g/mol. The van der Waals surface area contributed by atoms with Crippen molar-refractivity contribution in [2.45, 2.75) is 12.8 Å². The predicted molar refractivity (Wildman–Crippen MR) is 76.5 cm³/mol. The number of nitrogens with one attached hydrogen (secondary N) is 2. The molecule has 0 saturated carbocycles. The molecule has 4 rings (SSSR count). The maximum absolute atomic E-state index is 12.6. The Morgan fingerprint density at radius 1 is 1.35 bits per heavy atom. The summed E-state index contributed by atoms with van der Waals surface area (Å²) in [6.07, 6.45) is 4.08. The van der Waals surface area contributed by atoms with Crippen molar-refractivity contribution < 1.29 is 4.79 Å². The molecule has 2 aromatic rings. The third kappa shape index (κ3) is 1.81. The van der Waals surface area contributed by atoms with E-state index in [1.807, 2.05) is 23.1 Å². The van der Waals surface area contributed by atoms with E-state index < -0.39 is 0 Å². The Bertz CT molecular complexity index is 657. The molecule has 5 heteroatoms. The summed E-state index contributed by atoms with van der Waals surface area (Å²) < 4.78 is 0. The number of nitrogens with zero attached hydrogens (tertiary/aromatic N) is 2. The van der Waals surface area contributed by atoms with Crippen LogP contribution < -0.4 is 5.32 Å². The van der Waals surface area contributed by atoms with Gasteiger partial charge in [0.25, 0.3) is 5.91 Å². The summed E-state index contributed by atoms with van der Waals surface area (Å²) in [6.45, 7) is 3.91. The van der Waals surface area contributed by atoms with Crippen molar-refractivity contribution in [2.24, 2.45) is 5.41 Å². The van der Waals surface area contributed by atoms with Crippen LogP contribution in [0, 0.1) is 5.41 Å². The van der Waals surface area contributed by atoms with E-state index in [1.165, 1.54) is 6.42 Å². The molecule has 1 unspecified atom stereocenters. The molecule has 104 valence electrons. The molecule has 2 fully saturated rings. The number of aromatic amines is 1. The number of hydrogen-bond acceptors (Lipinski definition) is 3. The summed E-state index contributed by atoms with van der Waals surface area (Å²) in [5.41, 5.74) is 2.07. The lowest BCUT2D eigenvalue weighted by atomic mass is 9.86. The molecule has 2 N–H and O–H groups in total. The summed E-state index contributed by atoms with van der Waals surface area (Å²) in [7, 11) is 0. The molecule has 2 aliphatic rings. The van der Waals surface area contributed by atoms with Gasteiger partial charge in [0.05, 0.1) is 11.7 Å². The highest BCUT2D eigenvalue weighted by molar-refractivity contribution is 5.98. The monoisotopic (exact) mass is 270 g/mol. The van der Waals surface area contributed by atoms with Crippen molar-refractivity contribution in [1.82, 2.24) is 20.4 Å². The van der Waals surface area contributed by atoms with Crippen LogP contribution in [0.15, 0.2) is 24.4 Å². The molecule has 2 saturated heterocycles. The average Bonchev–Trinajstić information content (AvgIpc) is 3.19. The fourth-order valence-corrected chi connectivity index (χ4v) is 3.51. The van der Waals surface area contributed by atoms with E-state index >= 15 is 0 Å². The first-order chi connectivity index (χ1) is 9.76. The topological polar surface area (TPSA) is 61.0 Å². The van der Waals surface area contributed by atoms with E-state index in [9.17, 15) is 4.79 Å². The van der Waals surface area contributed by atoms with Crippen molar-refractivity contribution in [3.8, 4) is 0 Å². The number of H-pyrrole nitrogens is 1. The normalized spacial score (nSPS) is 25.9. The smallest absolute Gasteiger partial charge is 0.253 e. The fourth-order valence-electron chi connectivity index (χ4n) is 3.51. The molecule has 2 aliphatic heterocycles. The van der Waals surface area contributed by atoms with Crippen LogP contribution in [0.25, 0.3) is 10.9 Å². The van der Waals surface area contributed by atoms with Gasteiger partial charge in [-0.3, -0.25) is 9.89 Å². The van der Waals surface area contributed by atoms with Crippen LogP contribution in [0.4, 0.5) is 0 Å². The van der Waals surface area contributed by atoms with Gasteiger partial charge >= 0.3 is 0 Å². The van der Waals surface area contributed by atoms with Crippen LogP contribution in [-0.4, -0.2) is 47.2 Å². The minimum Gasteiger partial charge on any atom is -0.338 e. The summed E-state index contributed by atoms with van der Waals surface area (Å²) in [6, 6.07) is 5.75. The molecular weight excluding hydrogens is 252 g/mol. The number of amides is 1. The third-order valence-corrected chi connectivity index (χ3v) is 4.74. The molecule has 1 amide bonds. The van der Waals surface area contributed by atoms with E-state index in [1.54, 1.807) is 6.20 Å². The minimum atomic E-state index is 0.150. The van der Waals surface area contributed by atoms with Crippen molar-refractivity contribution in [3.05, 3.63) is 30.0 Å². The Labute approximate surface area is 117 Å². The Morgan fingerprint density at radius 3 is 3.15 bits per heavy atom. The lowest BCUT2D eigenvalue weighted by molar-refractivity contribution is 0.0776. The van der Waals surface area contributed by atoms with E-state index in [-0.39, 0.29) is 5.91 Å². The Kier molecular flexibility index (Phi) is 2.57. The molecular formula is C15H18N4O. The number of hydrogen-bond donors (Lipinski definition) is 2. The van der Waals surface area contributed by atoms with E-state index in [2.05, 4.69) is 15.5 Å². The van der Waals surface area contributed by atoms with Crippen LogP contribution >= 0.6 is 0 Å². The highest BCUT2D eigenvalue weighted by atomic mass is 16.2. The zero-order valence-corrected chi connectivity index (χ0v) is 11.4. The van der Waals surface area contributed by atoms with Crippen LogP contribution in [-0.2, 0) is 0 Å². The largest absolute Gasteiger partial charge is 0.338 e. The maximum atomic E-state index is 12.6. The zero-order valence-electron chi connectivity index (χ0n) is 11.4. The molecule has 0 bridgehead atoms. The molecule has 3 heterocycles. The summed E-state index contributed by atoms with van der Waals surface area (Å²) in [4.78, 5) is 14.6. The van der Waals surface area contributed by atoms with Gasteiger partial charge in [0.1, 0.15) is 0 Å². The number of aromatic nitrogens is 2. The SMILES string of the molecule is O=C(c1ccc2[nH]ncc2c1)N1CCC2(CCNC2)C1. The van der Waals surface area contributed by atoms with Crippen molar-refractivity contribution in [3.63, 3.8) is 0 Å². The van der Waals surface area contributed by atoms with Gasteiger partial charge in [0, 0.05) is 36.0 Å². The second-order valence-corrected chi connectivity index (χ2v) is 6.08. The predicted octanol–water partition coefficient (Wildman–Crippen LogP) is 1.39. The fraction of sp³-hybridized carbons (Fsp3) is 0.467. The number of carbonyl (C=O) groups excluding carboxylic acids is 1. The van der Waals surface area contributed by atoms with Gasteiger partial charge in [0.2, 0.25) is 0 Å². The lowest BCUT2D eigenvalue weighted by Crippen LogP contribution is -2.33. The van der Waals surface area contributed by atoms with Crippen LogP contribution in [0.5, 0.6) is 0 Å². The quantitative estimate of drug-likeness (QED) is 0.823. The number of rotatable bonds is 1. The van der Waals surface area contributed by atoms with Crippen molar-refractivity contribution >= 4 is 16.8 Å². The van der Waals surface area contributed by atoms with Crippen LogP contribution in [0.1, 0.15) is 23.2 Å². The molecule has 5 nitrogen and oxygen atoms in total. The molecule has 1 spiro atoms. The van der Waals surface area contributed by atoms with Crippen molar-refractivity contribution in [1.29, 1.82) is 0 Å². The van der Waals surface area contributed by atoms with E-state index in [0.717, 1.165) is 49.1 Å². The Morgan fingerprint density at radius 2 is 2.30 bits per heavy atom. The van der Waals surface area contributed by atoms with Gasteiger partial charge in [-0.15, -0.1) is 0 Å². The van der Waals surface area contributed by atoms with Gasteiger partial charge in [0.15, 0.2) is 0 Å². The number of carbonyl (C=O) groups is 1. The first kappa shape index (κ1) is 11.9. The molecule has 1 atom stereocenters. The second-order valence-electron chi connectivity index (χ2n) is 6.08. The molecule has 20 heavy (non-hydrogen) atoms. The molecule has 0 radical (unpaired) electrons. The first-order valence-electron chi connectivity index (χ1n) is 7.19. The summed E-state index contributed by atoms with van der Waals surface area (Å²) >= 11 is 0. The van der Waals surface area contributed by atoms with E-state index in [4.69, 9.17) is 0 Å². The molecule has 0 aliphatic carbocycles. The number of benzene rings is 1. The van der Waals surface area contributed by atoms with Gasteiger partial charge in [-0.1, -0.05) is 0 Å². The zero-order chi connectivity index (χ0) is 13.6. The van der Waals surface area contributed by atoms with Gasteiger partial charge in [-0.25, -0.2) is 0 Å². The molecule has 1 aromatic carbocycles. The third-order valence-electron chi connectivity index (χ3n) is 4.74. The standard InChI is InChI=1S/C15H18N4O/c20-14(11-1-2-13-12(7-11)8-17-18-13)19-6-4-15(10-19)3-5-16-9-15/h1-2,7-8,16H,3-6,9-10H2,(H,17,18). The number of likely N-dealkylation sites (tertiary alicyclic amines) is 1. The highest BCUT2D eigenvalue weighted by Crippen LogP contribution is 2.36. The highest BCUT2D eigenvalue weighted by Gasteiger charge is 2.41. The van der Waals surface area contributed by atoms with Crippen molar-refractivity contribution in [2.75, 3.05) is 26.2 Å². The summed E-state index contributed by atoms with van der Waals surface area (Å²) in [5.74, 6) is 0.150. The molecule has 1 aromatic heterocycles. The number of fused-ring (bicyclic) bond motifs is 1. The van der Waals surface area contributed by atoms with Crippen LogP contribution in [0.2, 0.25) is 0 Å². The first-order valence-corrected chi connectivity index (χ1v) is 7.19. The second kappa shape index (κ2) is 4.31. The van der Waals surface area contributed by atoms with Crippen LogP contribution in [0.3, 0.4) is 0 Å². The lowest BCUT2D eigenvalue weighted by Gasteiger charge is -2.22. The Hall–Kier alpha value is -1.88. The van der Waals surface area contributed by atoms with Gasteiger partial charge in [-0.2, -0.15) is 5.10 Å².